The van der Waals surface area contributed by atoms with Crippen LogP contribution >= 0.6 is 0 Å². The van der Waals surface area contributed by atoms with E-state index in [0.29, 0.717) is 5.56 Å². The highest BCUT2D eigenvalue weighted by molar-refractivity contribution is 5.89. The third-order valence-corrected chi connectivity index (χ3v) is 2.87. The molecular formula is C15H12F3NO2. The second-order valence-corrected chi connectivity index (χ2v) is 4.26. The molecule has 0 amide bonds. The number of anilines is 1. The highest BCUT2D eigenvalue weighted by Gasteiger charge is 2.13. The van der Waals surface area contributed by atoms with Crippen molar-refractivity contribution in [3.8, 4) is 0 Å². The summed E-state index contributed by atoms with van der Waals surface area (Å²) in [6, 6.07) is 7.33. The summed E-state index contributed by atoms with van der Waals surface area (Å²) in [7, 11) is 1.15. The van der Waals surface area contributed by atoms with Gasteiger partial charge in [-0.05, 0) is 29.8 Å². The molecule has 0 aliphatic rings. The van der Waals surface area contributed by atoms with Gasteiger partial charge in [0.15, 0.2) is 0 Å². The first-order valence-corrected chi connectivity index (χ1v) is 6.07. The molecule has 0 radical (unpaired) electrons. The van der Waals surface area contributed by atoms with E-state index in [0.717, 1.165) is 25.3 Å². The zero-order chi connectivity index (χ0) is 15.4. The minimum atomic E-state index is -0.785. The molecule has 0 aromatic heterocycles. The number of esters is 1. The van der Waals surface area contributed by atoms with E-state index in [1.165, 1.54) is 18.2 Å². The van der Waals surface area contributed by atoms with Crippen LogP contribution in [-0.4, -0.2) is 13.1 Å². The highest BCUT2D eigenvalue weighted by Crippen LogP contribution is 2.19. The zero-order valence-electron chi connectivity index (χ0n) is 11.1. The van der Waals surface area contributed by atoms with E-state index in [1.807, 2.05) is 0 Å². The lowest BCUT2D eigenvalue weighted by Crippen LogP contribution is -2.07. The van der Waals surface area contributed by atoms with Crippen LogP contribution in [0.3, 0.4) is 0 Å². The second kappa shape index (κ2) is 6.30. The average molecular weight is 295 g/mol. The van der Waals surface area contributed by atoms with Gasteiger partial charge in [0.1, 0.15) is 23.1 Å². The maximum Gasteiger partial charge on any atom is 0.340 e. The lowest BCUT2D eigenvalue weighted by Gasteiger charge is -2.09. The van der Waals surface area contributed by atoms with E-state index in [2.05, 4.69) is 10.1 Å². The van der Waals surface area contributed by atoms with Crippen LogP contribution in [0.2, 0.25) is 0 Å². The summed E-state index contributed by atoms with van der Waals surface area (Å²) in [5.41, 5.74) is -0.0453. The van der Waals surface area contributed by atoms with Crippen LogP contribution in [0.1, 0.15) is 15.9 Å². The first kappa shape index (κ1) is 14.9. The van der Waals surface area contributed by atoms with Crippen LogP contribution in [0.5, 0.6) is 0 Å². The third kappa shape index (κ3) is 3.34. The number of methoxy groups -OCH3 is 1. The van der Waals surface area contributed by atoms with Gasteiger partial charge in [-0.1, -0.05) is 12.1 Å². The summed E-state index contributed by atoms with van der Waals surface area (Å²) >= 11 is 0. The number of hydrogen-bond acceptors (Lipinski definition) is 3. The predicted molar refractivity (Wildman–Crippen MR) is 71.4 cm³/mol. The Labute approximate surface area is 119 Å². The zero-order valence-corrected chi connectivity index (χ0v) is 11.1. The predicted octanol–water partition coefficient (Wildman–Crippen LogP) is 3.50. The SMILES string of the molecule is COC(=O)c1ccc(CNc2c(F)cccc2F)cc1F. The Hall–Kier alpha value is -2.50. The van der Waals surface area contributed by atoms with Gasteiger partial charge in [-0.25, -0.2) is 18.0 Å². The van der Waals surface area contributed by atoms with E-state index in [9.17, 15) is 18.0 Å². The average Bonchev–Trinajstić information content (AvgIpc) is 2.46. The maximum absolute atomic E-state index is 13.7. The Morgan fingerprint density at radius 3 is 2.33 bits per heavy atom. The van der Waals surface area contributed by atoms with E-state index < -0.39 is 23.4 Å². The summed E-state index contributed by atoms with van der Waals surface area (Å²) in [5, 5.41) is 2.55. The van der Waals surface area contributed by atoms with Gasteiger partial charge in [0.2, 0.25) is 0 Å². The van der Waals surface area contributed by atoms with Gasteiger partial charge in [-0.3, -0.25) is 0 Å². The van der Waals surface area contributed by atoms with E-state index in [1.54, 1.807) is 0 Å². The summed E-state index contributed by atoms with van der Waals surface area (Å²) in [6.07, 6.45) is 0. The van der Waals surface area contributed by atoms with Crippen LogP contribution in [0, 0.1) is 17.5 Å². The number of rotatable bonds is 4. The van der Waals surface area contributed by atoms with Crippen molar-refractivity contribution < 1.29 is 22.7 Å². The van der Waals surface area contributed by atoms with Crippen molar-refractivity contribution in [2.75, 3.05) is 12.4 Å². The lowest BCUT2D eigenvalue weighted by molar-refractivity contribution is 0.0595. The number of para-hydroxylation sites is 1. The number of carbonyl (C=O) groups excluding carboxylic acids is 1. The first-order valence-electron chi connectivity index (χ1n) is 6.07. The van der Waals surface area contributed by atoms with Crippen LogP contribution in [0.25, 0.3) is 0 Å². The summed E-state index contributed by atoms with van der Waals surface area (Å²) < 4.78 is 44.9. The van der Waals surface area contributed by atoms with Crippen LogP contribution in [0.4, 0.5) is 18.9 Å². The number of carbonyl (C=O) groups is 1. The molecule has 0 heterocycles. The molecule has 1 N–H and O–H groups in total. The Bertz CT molecular complexity index is 654. The molecule has 2 aromatic carbocycles. The quantitative estimate of drug-likeness (QED) is 0.877. The summed E-state index contributed by atoms with van der Waals surface area (Å²) in [5.74, 6) is -3.01. The third-order valence-electron chi connectivity index (χ3n) is 2.87. The molecule has 110 valence electrons. The topological polar surface area (TPSA) is 38.3 Å². The normalized spacial score (nSPS) is 10.3. The fourth-order valence-corrected chi connectivity index (χ4v) is 1.80. The van der Waals surface area contributed by atoms with Crippen molar-refractivity contribution >= 4 is 11.7 Å². The molecule has 2 aromatic rings. The fourth-order valence-electron chi connectivity index (χ4n) is 1.80. The Morgan fingerprint density at radius 2 is 1.76 bits per heavy atom. The van der Waals surface area contributed by atoms with Crippen molar-refractivity contribution in [2.45, 2.75) is 6.54 Å². The van der Waals surface area contributed by atoms with Gasteiger partial charge in [-0.2, -0.15) is 0 Å². The molecule has 21 heavy (non-hydrogen) atoms. The molecule has 3 nitrogen and oxygen atoms in total. The number of nitrogens with one attached hydrogen (secondary N) is 1. The molecule has 6 heteroatoms. The first-order chi connectivity index (χ1) is 10.0. The van der Waals surface area contributed by atoms with Gasteiger partial charge < -0.3 is 10.1 Å². The molecule has 0 saturated heterocycles. The molecular weight excluding hydrogens is 283 g/mol. The summed E-state index contributed by atoms with van der Waals surface area (Å²) in [4.78, 5) is 11.2. The van der Waals surface area contributed by atoms with Crippen molar-refractivity contribution in [1.29, 1.82) is 0 Å². The second-order valence-electron chi connectivity index (χ2n) is 4.26. The molecule has 2 rings (SSSR count). The Kier molecular flexibility index (Phi) is 4.47. The molecule has 0 unspecified atom stereocenters. The molecule has 0 bridgehead atoms. The van der Waals surface area contributed by atoms with Crippen molar-refractivity contribution in [2.24, 2.45) is 0 Å². The molecule has 0 saturated carbocycles. The standard InChI is InChI=1S/C15H12F3NO2/c1-21-15(20)10-6-5-9(7-13(10)18)8-19-14-11(16)3-2-4-12(14)17/h2-7,19H,8H2,1H3. The van der Waals surface area contributed by atoms with E-state index in [4.69, 9.17) is 0 Å². The Balaban J connectivity index is 2.14. The monoisotopic (exact) mass is 295 g/mol. The highest BCUT2D eigenvalue weighted by atomic mass is 19.1. The van der Waals surface area contributed by atoms with Gasteiger partial charge in [-0.15, -0.1) is 0 Å². The largest absolute Gasteiger partial charge is 0.465 e. The fraction of sp³-hybridized carbons (Fsp3) is 0.133. The molecule has 0 aliphatic carbocycles. The van der Waals surface area contributed by atoms with Gasteiger partial charge in [0, 0.05) is 6.54 Å². The minimum Gasteiger partial charge on any atom is -0.465 e. The number of hydrogen-bond donors (Lipinski definition) is 1. The summed E-state index contributed by atoms with van der Waals surface area (Å²) in [6.45, 7) is 0.0101. The Morgan fingerprint density at radius 1 is 1.10 bits per heavy atom. The number of benzene rings is 2. The van der Waals surface area contributed by atoms with Crippen molar-refractivity contribution in [3.63, 3.8) is 0 Å². The minimum absolute atomic E-state index is 0.0101. The van der Waals surface area contributed by atoms with Gasteiger partial charge in [0.05, 0.1) is 12.7 Å². The molecule has 0 atom stereocenters. The van der Waals surface area contributed by atoms with Crippen molar-refractivity contribution in [1.82, 2.24) is 0 Å². The van der Waals surface area contributed by atoms with Crippen LogP contribution in [-0.2, 0) is 11.3 Å². The van der Waals surface area contributed by atoms with Crippen molar-refractivity contribution in [3.05, 3.63) is 65.0 Å². The van der Waals surface area contributed by atoms with Gasteiger partial charge in [0.25, 0.3) is 0 Å². The molecule has 0 spiro atoms. The van der Waals surface area contributed by atoms with Gasteiger partial charge >= 0.3 is 5.97 Å². The van der Waals surface area contributed by atoms with E-state index in [-0.39, 0.29) is 17.8 Å². The smallest absolute Gasteiger partial charge is 0.340 e. The molecule has 0 aliphatic heterocycles. The van der Waals surface area contributed by atoms with E-state index >= 15 is 0 Å². The number of halogens is 3. The molecule has 0 fully saturated rings. The maximum atomic E-state index is 13.7. The van der Waals surface area contributed by atoms with Crippen LogP contribution in [0.15, 0.2) is 36.4 Å². The number of ether oxygens (including phenoxy) is 1. The van der Waals surface area contributed by atoms with Crippen LogP contribution < -0.4 is 5.32 Å². The lowest BCUT2D eigenvalue weighted by atomic mass is 10.1.